The lowest BCUT2D eigenvalue weighted by atomic mass is 10.1. The van der Waals surface area contributed by atoms with Gasteiger partial charge in [0.05, 0.1) is 23.4 Å². The van der Waals surface area contributed by atoms with E-state index in [4.69, 9.17) is 4.74 Å². The summed E-state index contributed by atoms with van der Waals surface area (Å²) in [6, 6.07) is 4.97. The fraction of sp³-hybridized carbons (Fsp3) is 0.500. The van der Waals surface area contributed by atoms with Crippen LogP contribution in [-0.2, 0) is 9.84 Å². The fourth-order valence-electron chi connectivity index (χ4n) is 1.95. The van der Waals surface area contributed by atoms with E-state index < -0.39 is 9.84 Å². The summed E-state index contributed by atoms with van der Waals surface area (Å²) in [5, 5.41) is 3.27. The molecular weight excluding hydrogens is 238 g/mol. The maximum absolute atomic E-state index is 12.1. The number of hydrogen-bond donors (Lipinski definition) is 1. The molecule has 5 heteroatoms. The molecular formula is C12H17NO3S. The number of benzene rings is 1. The molecule has 0 spiro atoms. The van der Waals surface area contributed by atoms with Gasteiger partial charge in [0.25, 0.3) is 0 Å². The standard InChI is InChI=1S/C12H17NO3S/c1-8(2)11-7-17(14,15)12-5-4-9(16-3)6-10(12)13-11/h4-6,8,11,13H,7H2,1-3H3. The molecule has 0 amide bonds. The van der Waals surface area contributed by atoms with Gasteiger partial charge in [0.2, 0.25) is 0 Å². The highest BCUT2D eigenvalue weighted by molar-refractivity contribution is 7.91. The first-order chi connectivity index (χ1) is 7.94. The second-order valence-corrected chi connectivity index (χ2v) is 6.64. The summed E-state index contributed by atoms with van der Waals surface area (Å²) in [5.74, 6) is 1.09. The first kappa shape index (κ1) is 12.2. The first-order valence-corrected chi connectivity index (χ1v) is 7.26. The minimum Gasteiger partial charge on any atom is -0.497 e. The van der Waals surface area contributed by atoms with Gasteiger partial charge in [-0.1, -0.05) is 13.8 Å². The minimum absolute atomic E-state index is 0.0420. The Balaban J connectivity index is 2.49. The molecule has 0 saturated carbocycles. The molecule has 94 valence electrons. The van der Waals surface area contributed by atoms with Crippen molar-refractivity contribution in [2.45, 2.75) is 24.8 Å². The molecule has 1 aliphatic rings. The molecule has 1 aromatic carbocycles. The van der Waals surface area contributed by atoms with Crippen LogP contribution in [0.1, 0.15) is 13.8 Å². The molecule has 1 aromatic rings. The van der Waals surface area contributed by atoms with Crippen LogP contribution in [0.2, 0.25) is 0 Å². The van der Waals surface area contributed by atoms with Crippen LogP contribution >= 0.6 is 0 Å². The second-order valence-electron chi connectivity index (χ2n) is 4.64. The predicted octanol–water partition coefficient (Wildman–Crippen LogP) is 1.92. The quantitative estimate of drug-likeness (QED) is 0.877. The predicted molar refractivity (Wildman–Crippen MR) is 67.3 cm³/mol. The van der Waals surface area contributed by atoms with Gasteiger partial charge in [-0.25, -0.2) is 8.42 Å². The van der Waals surface area contributed by atoms with Crippen molar-refractivity contribution in [2.75, 3.05) is 18.2 Å². The lowest BCUT2D eigenvalue weighted by Gasteiger charge is -2.29. The molecule has 0 saturated heterocycles. The number of ether oxygens (including phenoxy) is 1. The van der Waals surface area contributed by atoms with Gasteiger partial charge in [-0.3, -0.25) is 0 Å². The van der Waals surface area contributed by atoms with E-state index in [0.717, 1.165) is 0 Å². The van der Waals surface area contributed by atoms with Crippen LogP contribution in [-0.4, -0.2) is 27.3 Å². The van der Waals surface area contributed by atoms with Crippen molar-refractivity contribution in [3.8, 4) is 5.75 Å². The molecule has 0 fully saturated rings. The number of methoxy groups -OCH3 is 1. The third kappa shape index (κ3) is 2.24. The van der Waals surface area contributed by atoms with E-state index in [1.807, 2.05) is 13.8 Å². The van der Waals surface area contributed by atoms with Gasteiger partial charge in [-0.15, -0.1) is 0 Å². The third-order valence-corrected chi connectivity index (χ3v) is 4.89. The van der Waals surface area contributed by atoms with Gasteiger partial charge in [-0.2, -0.15) is 0 Å². The van der Waals surface area contributed by atoms with E-state index in [1.54, 1.807) is 25.3 Å². The summed E-state index contributed by atoms with van der Waals surface area (Å²) >= 11 is 0. The zero-order chi connectivity index (χ0) is 12.6. The smallest absolute Gasteiger partial charge is 0.182 e. The molecule has 0 radical (unpaired) electrons. The molecule has 4 nitrogen and oxygen atoms in total. The average Bonchev–Trinajstić information content (AvgIpc) is 2.27. The van der Waals surface area contributed by atoms with Gasteiger partial charge < -0.3 is 10.1 Å². The van der Waals surface area contributed by atoms with Crippen LogP contribution in [0.5, 0.6) is 5.75 Å². The largest absolute Gasteiger partial charge is 0.497 e. The molecule has 1 heterocycles. The highest BCUT2D eigenvalue weighted by Crippen LogP contribution is 2.33. The fourth-order valence-corrected chi connectivity index (χ4v) is 3.80. The van der Waals surface area contributed by atoms with Gasteiger partial charge >= 0.3 is 0 Å². The summed E-state index contributed by atoms with van der Waals surface area (Å²) in [6.45, 7) is 4.02. The lowest BCUT2D eigenvalue weighted by Crippen LogP contribution is -2.37. The van der Waals surface area contributed by atoms with Crippen molar-refractivity contribution < 1.29 is 13.2 Å². The molecule has 1 unspecified atom stereocenters. The van der Waals surface area contributed by atoms with E-state index >= 15 is 0 Å². The number of anilines is 1. The van der Waals surface area contributed by atoms with Gasteiger partial charge in [0, 0.05) is 12.1 Å². The lowest BCUT2D eigenvalue weighted by molar-refractivity contribution is 0.414. The topological polar surface area (TPSA) is 55.4 Å². The molecule has 0 aromatic heterocycles. The highest BCUT2D eigenvalue weighted by atomic mass is 32.2. The van der Waals surface area contributed by atoms with Crippen molar-refractivity contribution in [2.24, 2.45) is 5.92 Å². The van der Waals surface area contributed by atoms with Crippen molar-refractivity contribution in [1.82, 2.24) is 0 Å². The van der Waals surface area contributed by atoms with E-state index in [2.05, 4.69) is 5.32 Å². The Morgan fingerprint density at radius 3 is 2.71 bits per heavy atom. The van der Waals surface area contributed by atoms with Crippen molar-refractivity contribution >= 4 is 15.5 Å². The highest BCUT2D eigenvalue weighted by Gasteiger charge is 2.31. The van der Waals surface area contributed by atoms with Crippen LogP contribution in [0, 0.1) is 5.92 Å². The summed E-state index contributed by atoms with van der Waals surface area (Å²) in [7, 11) is -1.61. The van der Waals surface area contributed by atoms with Crippen LogP contribution in [0.3, 0.4) is 0 Å². The number of nitrogens with one attached hydrogen (secondary N) is 1. The Hall–Kier alpha value is -1.23. The number of sulfone groups is 1. The molecule has 1 N–H and O–H groups in total. The summed E-state index contributed by atoms with van der Waals surface area (Å²) < 4.78 is 29.3. The number of hydrogen-bond acceptors (Lipinski definition) is 4. The molecule has 0 bridgehead atoms. The number of rotatable bonds is 2. The summed E-state index contributed by atoms with van der Waals surface area (Å²) in [6.07, 6.45) is 0. The number of fused-ring (bicyclic) bond motifs is 1. The van der Waals surface area contributed by atoms with Crippen LogP contribution in [0.15, 0.2) is 23.1 Å². The van der Waals surface area contributed by atoms with Crippen molar-refractivity contribution in [3.05, 3.63) is 18.2 Å². The zero-order valence-corrected chi connectivity index (χ0v) is 11.0. The van der Waals surface area contributed by atoms with Crippen LogP contribution in [0.25, 0.3) is 0 Å². The van der Waals surface area contributed by atoms with E-state index in [0.29, 0.717) is 16.3 Å². The first-order valence-electron chi connectivity index (χ1n) is 5.61. The molecule has 1 atom stereocenters. The Kier molecular flexibility index (Phi) is 3.03. The van der Waals surface area contributed by atoms with Gasteiger partial charge in [0.15, 0.2) is 9.84 Å². The minimum atomic E-state index is -3.18. The van der Waals surface area contributed by atoms with Crippen LogP contribution in [0.4, 0.5) is 5.69 Å². The van der Waals surface area contributed by atoms with E-state index in [9.17, 15) is 8.42 Å². The monoisotopic (exact) mass is 255 g/mol. The zero-order valence-electron chi connectivity index (χ0n) is 10.2. The summed E-state index contributed by atoms with van der Waals surface area (Å²) in [5.41, 5.74) is 0.648. The average molecular weight is 255 g/mol. The third-order valence-electron chi connectivity index (χ3n) is 3.07. The molecule has 17 heavy (non-hydrogen) atoms. The van der Waals surface area contributed by atoms with Crippen LogP contribution < -0.4 is 10.1 Å². The maximum Gasteiger partial charge on any atom is 0.182 e. The second kappa shape index (κ2) is 4.22. The Bertz CT molecular complexity index is 523. The summed E-state index contributed by atoms with van der Waals surface area (Å²) in [4.78, 5) is 0.371. The van der Waals surface area contributed by atoms with Gasteiger partial charge in [-0.05, 0) is 18.1 Å². The van der Waals surface area contributed by atoms with Crippen molar-refractivity contribution in [3.63, 3.8) is 0 Å². The Morgan fingerprint density at radius 2 is 2.12 bits per heavy atom. The Morgan fingerprint density at radius 1 is 1.41 bits per heavy atom. The van der Waals surface area contributed by atoms with Gasteiger partial charge in [0.1, 0.15) is 5.75 Å². The molecule has 0 aliphatic carbocycles. The SMILES string of the molecule is COc1ccc2c(c1)NC(C(C)C)CS2(=O)=O. The Labute approximate surface area is 102 Å². The molecule has 1 aliphatic heterocycles. The van der Waals surface area contributed by atoms with E-state index in [-0.39, 0.29) is 17.7 Å². The normalized spacial score (nSPS) is 21.8. The van der Waals surface area contributed by atoms with Crippen molar-refractivity contribution in [1.29, 1.82) is 0 Å². The molecule has 2 rings (SSSR count). The maximum atomic E-state index is 12.1. The van der Waals surface area contributed by atoms with E-state index in [1.165, 1.54) is 0 Å².